The van der Waals surface area contributed by atoms with Crippen molar-refractivity contribution in [1.29, 1.82) is 0 Å². The van der Waals surface area contributed by atoms with Crippen molar-refractivity contribution in [3.63, 3.8) is 0 Å². The van der Waals surface area contributed by atoms with Crippen molar-refractivity contribution in [2.75, 3.05) is 0 Å². The molecule has 8 aromatic carbocycles. The van der Waals surface area contributed by atoms with Crippen molar-refractivity contribution in [1.82, 2.24) is 0 Å². The van der Waals surface area contributed by atoms with E-state index in [1.165, 1.54) is 72.6 Å². The molecule has 0 amide bonds. The first kappa shape index (κ1) is 48.2. The average Bonchev–Trinajstić information content (AvgIpc) is 3.39. The Morgan fingerprint density at radius 1 is 0.379 bits per heavy atom. The van der Waals surface area contributed by atoms with Crippen molar-refractivity contribution >= 4 is 67.1 Å². The molecule has 2 unspecified atom stereocenters. The maximum Gasteiger partial charge on any atom is 0.106 e. The topological polar surface area (TPSA) is 52.0 Å². The van der Waals surface area contributed by atoms with Crippen molar-refractivity contribution in [3.05, 3.63) is 251 Å². The summed E-state index contributed by atoms with van der Waals surface area (Å²) in [5.74, 6) is 0. The van der Waals surface area contributed by atoms with Crippen molar-refractivity contribution in [2.45, 2.75) is 69.9 Å². The summed E-state index contributed by atoms with van der Waals surface area (Å²) in [6.45, 7) is 0. The van der Waals surface area contributed by atoms with Gasteiger partial charge in [-0.05, 0) is 145 Å². The number of fused-ring (bicyclic) bond motifs is 2. The second kappa shape index (κ2) is 24.7. The third-order valence-electron chi connectivity index (χ3n) is 13.2. The maximum atomic E-state index is 6.15. The van der Waals surface area contributed by atoms with Crippen LogP contribution >= 0.6 is 35.2 Å². The molecule has 7 heteroatoms. The van der Waals surface area contributed by atoms with Crippen LogP contribution in [0.15, 0.2) is 206 Å². The number of hydrogen-bond donors (Lipinski definition) is 2. The van der Waals surface area contributed by atoms with Crippen LogP contribution in [-0.4, -0.2) is 0 Å². The predicted molar refractivity (Wildman–Crippen MR) is 288 cm³/mol. The SMILES string of the molecule is NC(c1ccccc1)C(N)c1ccccc1.[Cl][Ru+2][Cl].c1ccc([PH+](c2ccccc2)c2ccc3c(c2Cc2c([PH+](c4ccccc4)c4ccccc4)ccc4c2CCCC4)CCCC3)cc1. The number of benzene rings is 8. The Kier molecular flexibility index (Phi) is 18.0. The smallest absolute Gasteiger partial charge is 0.0620 e. The fourth-order valence-corrected chi connectivity index (χ4v) is 15.6. The van der Waals surface area contributed by atoms with Gasteiger partial charge in [-0.2, -0.15) is 0 Å². The third-order valence-corrected chi connectivity index (χ3v) is 18.9. The molecule has 334 valence electrons. The normalized spacial score (nSPS) is 13.8. The van der Waals surface area contributed by atoms with Gasteiger partial charge in [-0.3, -0.25) is 0 Å². The molecule has 8 aromatic rings. The summed E-state index contributed by atoms with van der Waals surface area (Å²) in [7, 11) is 7.29. The molecule has 2 aliphatic rings. The van der Waals surface area contributed by atoms with Crippen LogP contribution in [0.3, 0.4) is 0 Å². The third kappa shape index (κ3) is 11.9. The zero-order valence-electron chi connectivity index (χ0n) is 37.4. The first-order valence-corrected chi connectivity index (χ1v) is 30.7. The standard InChI is InChI=1S/C45H42P2.C14H16N2.2ClH.Ru/c1-5-19-36(20-6-1)46(37-21-7-2-8-22-37)44-31-29-34-17-13-15-27-40(34)42(44)33-43-41-28-16-14-18-35(41)30-32-45(43)47(38-23-9-3-10-24-38)39-25-11-4-12-26-39;15-13(11-7-3-1-4-8-11)14(16)12-9-5-2-6-10-12;;;/h1-12,19-26,29-32H,13-18,27-28,33H2;1-10,13-14H,15-16H2;2*1H;/q;;;;+4. The van der Waals surface area contributed by atoms with E-state index in [0.717, 1.165) is 17.5 Å². The second-order valence-corrected chi connectivity index (χ2v) is 24.7. The monoisotopic (exact) mass is 1030 g/mol. The summed E-state index contributed by atoms with van der Waals surface area (Å²) >= 11 is -0.346. The zero-order valence-corrected chi connectivity index (χ0v) is 42.7. The summed E-state index contributed by atoms with van der Waals surface area (Å²) in [6.07, 6.45) is 11.1. The Morgan fingerprint density at radius 2 is 0.652 bits per heavy atom. The number of aryl methyl sites for hydroxylation is 2. The maximum absolute atomic E-state index is 6.15. The van der Waals surface area contributed by atoms with Gasteiger partial charge in [0.2, 0.25) is 0 Å². The van der Waals surface area contributed by atoms with Gasteiger partial charge in [-0.25, -0.2) is 0 Å². The summed E-state index contributed by atoms with van der Waals surface area (Å²) in [4.78, 5) is 0. The van der Waals surface area contributed by atoms with Crippen LogP contribution in [-0.2, 0) is 47.2 Å². The van der Waals surface area contributed by atoms with Gasteiger partial charge >= 0.3 is 34.5 Å². The van der Waals surface area contributed by atoms with Gasteiger partial charge in [0.1, 0.15) is 31.8 Å². The minimum atomic E-state index is -1.21. The largest absolute Gasteiger partial charge is 0.106 e. The first-order chi connectivity index (χ1) is 32.6. The Bertz CT molecular complexity index is 2440. The van der Waals surface area contributed by atoms with Crippen molar-refractivity contribution in [3.8, 4) is 0 Å². The molecular formula is C59H60Cl2N2P2Ru+4. The fraction of sp³-hybridized carbons (Fsp3) is 0.186. The molecule has 2 nitrogen and oxygen atoms in total. The van der Waals surface area contributed by atoms with E-state index in [9.17, 15) is 0 Å². The van der Waals surface area contributed by atoms with Gasteiger partial charge in [0.15, 0.2) is 0 Å². The number of rotatable bonds is 11. The Morgan fingerprint density at radius 3 is 0.955 bits per heavy atom. The van der Waals surface area contributed by atoms with Crippen LogP contribution < -0.4 is 43.3 Å². The predicted octanol–water partition coefficient (Wildman–Crippen LogP) is 11.8. The van der Waals surface area contributed by atoms with E-state index in [1.54, 1.807) is 44.0 Å². The molecular weight excluding hydrogens is 971 g/mol. The summed E-state index contributed by atoms with van der Waals surface area (Å²) in [5, 5.41) is 9.12. The van der Waals surface area contributed by atoms with E-state index in [1.807, 2.05) is 60.7 Å². The minimum Gasteiger partial charge on any atom is -0.0620 e. The van der Waals surface area contributed by atoms with Crippen LogP contribution in [0.2, 0.25) is 0 Å². The van der Waals surface area contributed by atoms with E-state index in [2.05, 4.69) is 146 Å². The molecule has 0 saturated heterocycles. The average molecular weight is 1030 g/mol. The molecule has 0 spiro atoms. The van der Waals surface area contributed by atoms with Gasteiger partial charge in [0.25, 0.3) is 0 Å². The van der Waals surface area contributed by atoms with Gasteiger partial charge in [0, 0.05) is 29.6 Å². The molecule has 2 aliphatic carbocycles. The Balaban J connectivity index is 0.000000261. The number of nitrogens with two attached hydrogens (primary N) is 2. The molecule has 0 heterocycles. The number of hydrogen-bond acceptors (Lipinski definition) is 2. The minimum absolute atomic E-state index is 0.163. The molecule has 66 heavy (non-hydrogen) atoms. The Hall–Kier alpha value is -4.26. The summed E-state index contributed by atoms with van der Waals surface area (Å²) < 4.78 is 0. The van der Waals surface area contributed by atoms with E-state index in [-0.39, 0.29) is 27.2 Å². The van der Waals surface area contributed by atoms with E-state index in [0.29, 0.717) is 0 Å². The number of halogens is 2. The summed E-state index contributed by atoms with van der Waals surface area (Å²) in [6, 6.07) is 75.3. The molecule has 0 aliphatic heterocycles. The molecule has 2 atom stereocenters. The first-order valence-electron chi connectivity index (χ1n) is 23.3. The van der Waals surface area contributed by atoms with Crippen LogP contribution in [0.25, 0.3) is 0 Å². The van der Waals surface area contributed by atoms with E-state index in [4.69, 9.17) is 30.8 Å². The molecule has 0 fully saturated rings. The molecule has 0 bridgehead atoms. The summed E-state index contributed by atoms with van der Waals surface area (Å²) in [5.41, 5.74) is 24.2. The molecule has 0 aromatic heterocycles. The van der Waals surface area contributed by atoms with Gasteiger partial charge in [-0.15, -0.1) is 0 Å². The van der Waals surface area contributed by atoms with Crippen molar-refractivity contribution in [2.24, 2.45) is 11.5 Å². The Labute approximate surface area is 411 Å². The van der Waals surface area contributed by atoms with E-state index < -0.39 is 15.8 Å². The fourth-order valence-electron chi connectivity index (χ4n) is 10.00. The van der Waals surface area contributed by atoms with E-state index >= 15 is 0 Å². The van der Waals surface area contributed by atoms with Gasteiger partial charge < -0.3 is 11.5 Å². The van der Waals surface area contributed by atoms with Crippen LogP contribution in [0.1, 0.15) is 82.3 Å². The van der Waals surface area contributed by atoms with Gasteiger partial charge in [0.05, 0.1) is 15.8 Å². The second-order valence-electron chi connectivity index (χ2n) is 17.2. The van der Waals surface area contributed by atoms with Crippen LogP contribution in [0, 0.1) is 0 Å². The zero-order chi connectivity index (χ0) is 45.5. The van der Waals surface area contributed by atoms with Gasteiger partial charge in [-0.1, -0.05) is 146 Å². The molecule has 4 N–H and O–H groups in total. The quantitative estimate of drug-likeness (QED) is 0.100. The van der Waals surface area contributed by atoms with Crippen LogP contribution in [0.5, 0.6) is 0 Å². The van der Waals surface area contributed by atoms with Crippen LogP contribution in [0.4, 0.5) is 0 Å². The molecule has 0 saturated carbocycles. The molecule has 0 radical (unpaired) electrons. The van der Waals surface area contributed by atoms with Crippen molar-refractivity contribution < 1.29 is 15.1 Å². The molecule has 10 rings (SSSR count).